The lowest BCUT2D eigenvalue weighted by molar-refractivity contribution is -0.384. The Kier molecular flexibility index (Phi) is 3.97. The Hall–Kier alpha value is -3.47. The molecule has 0 fully saturated rings. The standard InChI is InChI=1S/C21H17N3O2/c1-15-22-21-19(17-10-6-3-7-11-17)12-18(24(25)26)13-20(21)23(15)14-16-8-4-2-5-9-16/h2-13H,14H2,1H3. The molecule has 4 aromatic rings. The van der Waals surface area contributed by atoms with Crippen molar-refractivity contribution < 1.29 is 4.92 Å². The third-order valence-electron chi connectivity index (χ3n) is 4.51. The Balaban J connectivity index is 1.96. The van der Waals surface area contributed by atoms with Gasteiger partial charge in [-0.25, -0.2) is 4.98 Å². The van der Waals surface area contributed by atoms with Gasteiger partial charge in [-0.1, -0.05) is 60.7 Å². The van der Waals surface area contributed by atoms with E-state index in [1.807, 2.05) is 72.2 Å². The van der Waals surface area contributed by atoms with Crippen LogP contribution in [0.25, 0.3) is 22.2 Å². The van der Waals surface area contributed by atoms with Gasteiger partial charge in [-0.15, -0.1) is 0 Å². The number of benzene rings is 3. The molecule has 0 spiro atoms. The van der Waals surface area contributed by atoms with E-state index < -0.39 is 0 Å². The lowest BCUT2D eigenvalue weighted by Crippen LogP contribution is -2.02. The Morgan fingerprint density at radius 1 is 1.00 bits per heavy atom. The summed E-state index contributed by atoms with van der Waals surface area (Å²) in [5.74, 6) is 0.835. The van der Waals surface area contributed by atoms with Crippen molar-refractivity contribution in [3.8, 4) is 11.1 Å². The highest BCUT2D eigenvalue weighted by Crippen LogP contribution is 2.33. The highest BCUT2D eigenvalue weighted by molar-refractivity contribution is 5.94. The number of nitro groups is 1. The van der Waals surface area contributed by atoms with Crippen LogP contribution in [-0.4, -0.2) is 14.5 Å². The minimum Gasteiger partial charge on any atom is -0.323 e. The SMILES string of the molecule is Cc1nc2c(-c3ccccc3)cc([N+](=O)[O-])cc2n1Cc1ccccc1. The number of hydrogen-bond donors (Lipinski definition) is 0. The van der Waals surface area contributed by atoms with Gasteiger partial charge in [-0.3, -0.25) is 10.1 Å². The van der Waals surface area contributed by atoms with Crippen LogP contribution in [0.2, 0.25) is 0 Å². The second-order valence-corrected chi connectivity index (χ2v) is 6.21. The lowest BCUT2D eigenvalue weighted by Gasteiger charge is -2.08. The minimum atomic E-state index is -0.346. The molecular weight excluding hydrogens is 326 g/mol. The zero-order chi connectivity index (χ0) is 18.1. The Morgan fingerprint density at radius 2 is 1.65 bits per heavy atom. The van der Waals surface area contributed by atoms with E-state index in [1.54, 1.807) is 12.1 Å². The fourth-order valence-corrected chi connectivity index (χ4v) is 3.23. The zero-order valence-electron chi connectivity index (χ0n) is 14.3. The first-order chi connectivity index (χ1) is 12.6. The Labute approximate surface area is 150 Å². The molecule has 0 aliphatic heterocycles. The first-order valence-electron chi connectivity index (χ1n) is 8.38. The summed E-state index contributed by atoms with van der Waals surface area (Å²) in [6, 6.07) is 22.9. The Bertz CT molecular complexity index is 1090. The summed E-state index contributed by atoms with van der Waals surface area (Å²) in [6.07, 6.45) is 0. The summed E-state index contributed by atoms with van der Waals surface area (Å²) >= 11 is 0. The van der Waals surface area contributed by atoms with E-state index >= 15 is 0 Å². The van der Waals surface area contributed by atoms with Gasteiger partial charge in [0.15, 0.2) is 0 Å². The largest absolute Gasteiger partial charge is 0.323 e. The van der Waals surface area contributed by atoms with Gasteiger partial charge in [0.1, 0.15) is 5.82 Å². The van der Waals surface area contributed by atoms with Gasteiger partial charge in [0.05, 0.1) is 16.0 Å². The summed E-state index contributed by atoms with van der Waals surface area (Å²) in [6.45, 7) is 2.56. The van der Waals surface area contributed by atoms with Crippen molar-refractivity contribution in [1.82, 2.24) is 9.55 Å². The number of aryl methyl sites for hydroxylation is 1. The maximum absolute atomic E-state index is 11.5. The quantitative estimate of drug-likeness (QED) is 0.388. The monoisotopic (exact) mass is 343 g/mol. The van der Waals surface area contributed by atoms with E-state index in [9.17, 15) is 10.1 Å². The average molecular weight is 343 g/mol. The van der Waals surface area contributed by atoms with Gasteiger partial charge in [0.2, 0.25) is 0 Å². The molecule has 0 saturated heterocycles. The van der Waals surface area contributed by atoms with Gasteiger partial charge < -0.3 is 4.57 Å². The molecule has 128 valence electrons. The number of nitro benzene ring substituents is 1. The van der Waals surface area contributed by atoms with E-state index in [-0.39, 0.29) is 10.6 Å². The van der Waals surface area contributed by atoms with Crippen molar-refractivity contribution in [1.29, 1.82) is 0 Å². The fourth-order valence-electron chi connectivity index (χ4n) is 3.23. The molecule has 4 rings (SSSR count). The molecule has 0 amide bonds. The van der Waals surface area contributed by atoms with Gasteiger partial charge in [0, 0.05) is 24.2 Å². The van der Waals surface area contributed by atoms with E-state index in [2.05, 4.69) is 0 Å². The van der Waals surface area contributed by atoms with Crippen molar-refractivity contribution in [3.05, 3.63) is 94.3 Å². The third kappa shape index (κ3) is 2.84. The Morgan fingerprint density at radius 3 is 2.31 bits per heavy atom. The van der Waals surface area contributed by atoms with Crippen molar-refractivity contribution in [3.63, 3.8) is 0 Å². The average Bonchev–Trinajstić information content (AvgIpc) is 2.98. The summed E-state index contributed by atoms with van der Waals surface area (Å²) in [7, 11) is 0. The number of non-ortho nitro benzene ring substituents is 1. The second kappa shape index (κ2) is 6.44. The molecule has 0 N–H and O–H groups in total. The molecule has 1 aromatic heterocycles. The van der Waals surface area contributed by atoms with Crippen molar-refractivity contribution >= 4 is 16.7 Å². The second-order valence-electron chi connectivity index (χ2n) is 6.21. The normalized spacial score (nSPS) is 11.0. The molecule has 1 heterocycles. The summed E-state index contributed by atoms with van der Waals surface area (Å²) < 4.78 is 2.03. The molecule has 26 heavy (non-hydrogen) atoms. The summed E-state index contributed by atoms with van der Waals surface area (Å²) in [5, 5.41) is 11.5. The molecule has 0 bridgehead atoms. The van der Waals surface area contributed by atoms with Gasteiger partial charge >= 0.3 is 0 Å². The number of fused-ring (bicyclic) bond motifs is 1. The van der Waals surface area contributed by atoms with Crippen LogP contribution in [0.5, 0.6) is 0 Å². The topological polar surface area (TPSA) is 61.0 Å². The van der Waals surface area contributed by atoms with E-state index in [0.29, 0.717) is 6.54 Å². The van der Waals surface area contributed by atoms with Crippen LogP contribution in [0.4, 0.5) is 5.69 Å². The van der Waals surface area contributed by atoms with Crippen LogP contribution in [-0.2, 0) is 6.54 Å². The summed E-state index contributed by atoms with van der Waals surface area (Å²) in [4.78, 5) is 15.9. The smallest absolute Gasteiger partial charge is 0.272 e. The van der Waals surface area contributed by atoms with Crippen LogP contribution >= 0.6 is 0 Å². The highest BCUT2D eigenvalue weighted by atomic mass is 16.6. The first-order valence-corrected chi connectivity index (χ1v) is 8.38. The zero-order valence-corrected chi connectivity index (χ0v) is 14.3. The van der Waals surface area contributed by atoms with Gasteiger partial charge in [-0.05, 0) is 18.1 Å². The third-order valence-corrected chi connectivity index (χ3v) is 4.51. The predicted molar refractivity (Wildman–Crippen MR) is 102 cm³/mol. The number of rotatable bonds is 4. The highest BCUT2D eigenvalue weighted by Gasteiger charge is 2.18. The molecular formula is C21H17N3O2. The molecule has 0 unspecified atom stereocenters. The molecule has 0 atom stereocenters. The lowest BCUT2D eigenvalue weighted by atomic mass is 10.0. The molecule has 0 aliphatic carbocycles. The molecule has 0 aliphatic rings. The number of imidazole rings is 1. The first kappa shape index (κ1) is 16.0. The molecule has 5 heteroatoms. The van der Waals surface area contributed by atoms with Crippen molar-refractivity contribution in [2.24, 2.45) is 0 Å². The molecule has 5 nitrogen and oxygen atoms in total. The van der Waals surface area contributed by atoms with Crippen LogP contribution in [0.3, 0.4) is 0 Å². The fraction of sp³-hybridized carbons (Fsp3) is 0.0952. The molecule has 3 aromatic carbocycles. The minimum absolute atomic E-state index is 0.0746. The number of nitrogens with zero attached hydrogens (tertiary/aromatic N) is 3. The maximum Gasteiger partial charge on any atom is 0.272 e. The number of hydrogen-bond acceptors (Lipinski definition) is 3. The maximum atomic E-state index is 11.5. The molecule has 0 saturated carbocycles. The van der Waals surface area contributed by atoms with Crippen LogP contribution in [0.1, 0.15) is 11.4 Å². The van der Waals surface area contributed by atoms with E-state index in [4.69, 9.17) is 4.98 Å². The number of aromatic nitrogens is 2. The summed E-state index contributed by atoms with van der Waals surface area (Å²) in [5.41, 5.74) is 4.47. The van der Waals surface area contributed by atoms with E-state index in [0.717, 1.165) is 33.5 Å². The molecule has 0 radical (unpaired) electrons. The van der Waals surface area contributed by atoms with E-state index in [1.165, 1.54) is 0 Å². The van der Waals surface area contributed by atoms with Crippen LogP contribution in [0.15, 0.2) is 72.8 Å². The van der Waals surface area contributed by atoms with Crippen LogP contribution in [0, 0.1) is 17.0 Å². The van der Waals surface area contributed by atoms with Crippen molar-refractivity contribution in [2.45, 2.75) is 13.5 Å². The van der Waals surface area contributed by atoms with Gasteiger partial charge in [-0.2, -0.15) is 0 Å². The van der Waals surface area contributed by atoms with Crippen molar-refractivity contribution in [2.75, 3.05) is 0 Å². The van der Waals surface area contributed by atoms with Crippen LogP contribution < -0.4 is 0 Å². The predicted octanol–water partition coefficient (Wildman–Crippen LogP) is 4.97. The van der Waals surface area contributed by atoms with Gasteiger partial charge in [0.25, 0.3) is 5.69 Å².